The molecule has 3 heterocycles. The molecule has 2 aromatic carbocycles. The first-order valence-electron chi connectivity index (χ1n) is 14.1. The van der Waals surface area contributed by atoms with Gasteiger partial charge < -0.3 is 16.0 Å². The lowest BCUT2D eigenvalue weighted by Gasteiger charge is -2.30. The molecule has 5 rings (SSSR count). The SMILES string of the molecule is CNC(CN)C(c1ccc2nc(N3C=CC3)c(Cc3ccc(C(C)(C)F)cc3)c(C)c2c1)c1ccc(C)nc1C. The lowest BCUT2D eigenvalue weighted by atomic mass is 9.83. The van der Waals surface area contributed by atoms with Crippen LogP contribution in [0.25, 0.3) is 10.9 Å². The fourth-order valence-corrected chi connectivity index (χ4v) is 5.77. The molecule has 0 saturated heterocycles. The summed E-state index contributed by atoms with van der Waals surface area (Å²) in [7, 11) is 1.97. The third-order valence-electron chi connectivity index (χ3n) is 8.24. The van der Waals surface area contributed by atoms with Crippen molar-refractivity contribution in [2.24, 2.45) is 5.73 Å². The average molecular weight is 538 g/mol. The number of pyridine rings is 2. The molecule has 4 aromatic rings. The van der Waals surface area contributed by atoms with Crippen LogP contribution in [0.2, 0.25) is 0 Å². The monoisotopic (exact) mass is 537 g/mol. The van der Waals surface area contributed by atoms with Gasteiger partial charge in [0.05, 0.1) is 5.52 Å². The van der Waals surface area contributed by atoms with Crippen LogP contribution in [0.3, 0.4) is 0 Å². The Hall–Kier alpha value is -3.61. The van der Waals surface area contributed by atoms with Crippen molar-refractivity contribution in [1.29, 1.82) is 0 Å². The van der Waals surface area contributed by atoms with E-state index in [1.54, 1.807) is 13.8 Å². The number of aromatic nitrogens is 2. The summed E-state index contributed by atoms with van der Waals surface area (Å²) >= 11 is 0. The minimum Gasteiger partial charge on any atom is -0.329 e. The molecular formula is C34H40FN5. The lowest BCUT2D eigenvalue weighted by Crippen LogP contribution is -2.39. The summed E-state index contributed by atoms with van der Waals surface area (Å²) in [6.45, 7) is 10.8. The number of aryl methyl sites for hydroxylation is 3. The fourth-order valence-electron chi connectivity index (χ4n) is 5.77. The Morgan fingerprint density at radius 2 is 1.75 bits per heavy atom. The van der Waals surface area contributed by atoms with E-state index in [0.29, 0.717) is 12.1 Å². The van der Waals surface area contributed by atoms with Crippen LogP contribution in [0.4, 0.5) is 10.2 Å². The highest BCUT2D eigenvalue weighted by atomic mass is 19.1. The molecule has 2 atom stereocenters. The number of rotatable bonds is 9. The topological polar surface area (TPSA) is 67.1 Å². The number of nitrogens with two attached hydrogens (primary N) is 1. The molecule has 40 heavy (non-hydrogen) atoms. The number of halogens is 1. The van der Waals surface area contributed by atoms with E-state index in [9.17, 15) is 4.39 Å². The molecular weight excluding hydrogens is 497 g/mol. The molecule has 208 valence electrons. The average Bonchev–Trinajstić information content (AvgIpc) is 2.89. The van der Waals surface area contributed by atoms with E-state index in [-0.39, 0.29) is 12.0 Å². The van der Waals surface area contributed by atoms with Crippen LogP contribution in [-0.2, 0) is 12.1 Å². The van der Waals surface area contributed by atoms with Gasteiger partial charge in [0.15, 0.2) is 0 Å². The van der Waals surface area contributed by atoms with Crippen LogP contribution >= 0.6 is 0 Å². The molecule has 0 aliphatic carbocycles. The fraction of sp³-hybridized carbons (Fsp3) is 0.353. The molecule has 0 radical (unpaired) electrons. The van der Waals surface area contributed by atoms with Crippen molar-refractivity contribution in [2.45, 2.75) is 58.7 Å². The molecule has 2 aromatic heterocycles. The third-order valence-corrected chi connectivity index (χ3v) is 8.24. The van der Waals surface area contributed by atoms with Gasteiger partial charge in [0.25, 0.3) is 0 Å². The maximum Gasteiger partial charge on any atom is 0.137 e. The van der Waals surface area contributed by atoms with E-state index in [4.69, 9.17) is 15.7 Å². The number of alkyl halides is 1. The zero-order valence-corrected chi connectivity index (χ0v) is 24.4. The second-order valence-electron chi connectivity index (χ2n) is 11.4. The van der Waals surface area contributed by atoms with Crippen molar-refractivity contribution in [1.82, 2.24) is 15.3 Å². The van der Waals surface area contributed by atoms with Gasteiger partial charge in [-0.2, -0.15) is 0 Å². The molecule has 5 nitrogen and oxygen atoms in total. The van der Waals surface area contributed by atoms with E-state index in [2.05, 4.69) is 66.7 Å². The molecule has 0 amide bonds. The zero-order valence-electron chi connectivity index (χ0n) is 24.4. The van der Waals surface area contributed by atoms with Gasteiger partial charge in [0, 0.05) is 60.0 Å². The first kappa shape index (κ1) is 27.9. The summed E-state index contributed by atoms with van der Waals surface area (Å²) < 4.78 is 14.5. The van der Waals surface area contributed by atoms with Crippen molar-refractivity contribution in [3.8, 4) is 0 Å². The van der Waals surface area contributed by atoms with Crippen LogP contribution < -0.4 is 16.0 Å². The minimum absolute atomic E-state index is 0.0462. The van der Waals surface area contributed by atoms with Gasteiger partial charge in [0.1, 0.15) is 11.5 Å². The van der Waals surface area contributed by atoms with E-state index >= 15 is 0 Å². The van der Waals surface area contributed by atoms with Gasteiger partial charge >= 0.3 is 0 Å². The van der Waals surface area contributed by atoms with Crippen LogP contribution in [0, 0.1) is 20.8 Å². The summed E-state index contributed by atoms with van der Waals surface area (Å²) in [6, 6.07) is 18.8. The second kappa shape index (κ2) is 11.1. The molecule has 0 saturated carbocycles. The summed E-state index contributed by atoms with van der Waals surface area (Å²) in [5.74, 6) is 1.03. The number of benzene rings is 2. The second-order valence-corrected chi connectivity index (χ2v) is 11.4. The largest absolute Gasteiger partial charge is 0.329 e. The first-order chi connectivity index (χ1) is 19.1. The first-order valence-corrected chi connectivity index (χ1v) is 14.1. The highest BCUT2D eigenvalue weighted by Crippen LogP contribution is 2.36. The molecule has 2 unspecified atom stereocenters. The molecule has 0 fully saturated rings. The summed E-state index contributed by atoms with van der Waals surface area (Å²) in [5.41, 5.74) is 14.5. The smallest absolute Gasteiger partial charge is 0.137 e. The van der Waals surface area contributed by atoms with Gasteiger partial charge in [-0.3, -0.25) is 4.98 Å². The van der Waals surface area contributed by atoms with E-state index < -0.39 is 5.67 Å². The van der Waals surface area contributed by atoms with Gasteiger partial charge in [-0.1, -0.05) is 36.4 Å². The Morgan fingerprint density at radius 3 is 2.33 bits per heavy atom. The van der Waals surface area contributed by atoms with Crippen LogP contribution in [0.15, 0.2) is 66.9 Å². The Balaban J connectivity index is 1.63. The van der Waals surface area contributed by atoms with Crippen LogP contribution in [0.5, 0.6) is 0 Å². The Labute approximate surface area is 237 Å². The Morgan fingerprint density at radius 1 is 1.02 bits per heavy atom. The predicted octanol–water partition coefficient (Wildman–Crippen LogP) is 6.36. The maximum absolute atomic E-state index is 14.5. The normalized spacial score (nSPS) is 14.8. The lowest BCUT2D eigenvalue weighted by molar-refractivity contribution is 0.221. The van der Waals surface area contributed by atoms with Gasteiger partial charge in [0.2, 0.25) is 0 Å². The van der Waals surface area contributed by atoms with Gasteiger partial charge in [-0.15, -0.1) is 0 Å². The van der Waals surface area contributed by atoms with E-state index in [0.717, 1.165) is 46.6 Å². The van der Waals surface area contributed by atoms with E-state index in [1.165, 1.54) is 22.3 Å². The van der Waals surface area contributed by atoms with Crippen molar-refractivity contribution in [3.63, 3.8) is 0 Å². The highest BCUT2D eigenvalue weighted by molar-refractivity contribution is 5.87. The van der Waals surface area contributed by atoms with Gasteiger partial charge in [-0.05, 0) is 93.8 Å². The molecule has 1 aliphatic rings. The number of likely N-dealkylation sites (N-methyl/N-ethyl adjacent to an activating group) is 1. The molecule has 0 bridgehead atoms. The molecule has 0 spiro atoms. The number of nitrogens with one attached hydrogen (secondary N) is 1. The molecule has 3 N–H and O–H groups in total. The standard InChI is InChI=1S/C34H40FN5/c1-21-8-14-27(23(3)38-21)32(31(20-36)37-6)25-11-15-30-28(19-25)22(2)29(33(39-30)40-16-7-17-40)18-24-9-12-26(13-10-24)34(4,5)35/h7-16,19,31-32,37H,17-18,20,36H2,1-6H3. The predicted molar refractivity (Wildman–Crippen MR) is 164 cm³/mol. The van der Waals surface area contributed by atoms with Gasteiger partial charge in [-0.25, -0.2) is 9.37 Å². The van der Waals surface area contributed by atoms with Crippen LogP contribution in [-0.4, -0.2) is 36.1 Å². The van der Waals surface area contributed by atoms with E-state index in [1.807, 2.05) is 38.2 Å². The number of fused-ring (bicyclic) bond motifs is 1. The van der Waals surface area contributed by atoms with Crippen molar-refractivity contribution < 1.29 is 4.39 Å². The highest BCUT2D eigenvalue weighted by Gasteiger charge is 2.27. The molecule has 6 heteroatoms. The van der Waals surface area contributed by atoms with Crippen molar-refractivity contribution in [2.75, 3.05) is 25.0 Å². The third kappa shape index (κ3) is 5.38. The summed E-state index contributed by atoms with van der Waals surface area (Å²) in [6.07, 6.45) is 4.94. The number of hydrogen-bond acceptors (Lipinski definition) is 5. The number of anilines is 1. The molecule has 1 aliphatic heterocycles. The van der Waals surface area contributed by atoms with Crippen LogP contribution in [0.1, 0.15) is 64.5 Å². The number of nitrogens with zero attached hydrogens (tertiary/aromatic N) is 3. The summed E-state index contributed by atoms with van der Waals surface area (Å²) in [5, 5.41) is 4.58. The van der Waals surface area contributed by atoms with Crippen molar-refractivity contribution in [3.05, 3.63) is 112 Å². The Bertz CT molecular complexity index is 1550. The minimum atomic E-state index is -1.36. The number of hydrogen-bond donors (Lipinski definition) is 2. The Kier molecular flexibility index (Phi) is 7.76. The maximum atomic E-state index is 14.5. The zero-order chi connectivity index (χ0) is 28.6. The van der Waals surface area contributed by atoms with Crippen molar-refractivity contribution >= 4 is 16.7 Å². The summed E-state index contributed by atoms with van der Waals surface area (Å²) in [4.78, 5) is 12.1. The quantitative estimate of drug-likeness (QED) is 0.260.